The number of nitrogens with zero attached hydrogens (tertiary/aromatic N) is 3. The molecule has 1 amide bonds. The number of amides is 1. The van der Waals surface area contributed by atoms with Crippen molar-refractivity contribution in [3.05, 3.63) is 53.4 Å². The van der Waals surface area contributed by atoms with Gasteiger partial charge >= 0.3 is 6.18 Å². The number of halogens is 3. The van der Waals surface area contributed by atoms with E-state index in [1.54, 1.807) is 12.1 Å². The van der Waals surface area contributed by atoms with Gasteiger partial charge in [0, 0.05) is 18.2 Å². The molecule has 0 spiro atoms. The number of anilines is 2. The summed E-state index contributed by atoms with van der Waals surface area (Å²) in [5, 5.41) is 7.59. The van der Waals surface area contributed by atoms with Crippen LogP contribution < -0.4 is 11.1 Å². The quantitative estimate of drug-likeness (QED) is 0.424. The van der Waals surface area contributed by atoms with Gasteiger partial charge in [-0.05, 0) is 43.2 Å². The maximum absolute atomic E-state index is 13.9. The summed E-state index contributed by atoms with van der Waals surface area (Å²) in [5.41, 5.74) is 7.04. The van der Waals surface area contributed by atoms with Gasteiger partial charge in [0.05, 0.1) is 33.8 Å². The Bertz CT molecular complexity index is 1340. The molecule has 0 bridgehead atoms. The number of carbonyl (C=O) groups is 1. The average molecular weight is 459 g/mol. The van der Waals surface area contributed by atoms with E-state index in [1.807, 2.05) is 0 Å². The molecule has 7 nitrogen and oxygen atoms in total. The van der Waals surface area contributed by atoms with E-state index >= 15 is 0 Å². The Morgan fingerprint density at radius 3 is 2.78 bits per heavy atom. The van der Waals surface area contributed by atoms with Crippen LogP contribution in [-0.2, 0) is 23.8 Å². The summed E-state index contributed by atoms with van der Waals surface area (Å²) >= 11 is 1.20. The Kier molecular flexibility index (Phi) is 4.59. The van der Waals surface area contributed by atoms with Crippen LogP contribution in [-0.4, -0.2) is 20.7 Å². The number of fused-ring (bicyclic) bond motifs is 3. The molecule has 3 N–H and O–H groups in total. The number of alkyl halides is 3. The van der Waals surface area contributed by atoms with Crippen LogP contribution in [0.25, 0.3) is 27.7 Å². The van der Waals surface area contributed by atoms with Gasteiger partial charge in [0.2, 0.25) is 5.91 Å². The summed E-state index contributed by atoms with van der Waals surface area (Å²) < 4.78 is 48.5. The number of aromatic nitrogens is 3. The molecule has 164 valence electrons. The third-order valence-corrected chi connectivity index (χ3v) is 6.12. The number of aryl methyl sites for hydroxylation is 1. The first-order valence-electron chi connectivity index (χ1n) is 9.63. The molecule has 0 atom stereocenters. The highest BCUT2D eigenvalue weighted by molar-refractivity contribution is 7.19. The lowest BCUT2D eigenvalue weighted by atomic mass is 9.96. The van der Waals surface area contributed by atoms with Crippen LogP contribution in [0.2, 0.25) is 0 Å². The molecule has 0 unspecified atom stereocenters. The van der Waals surface area contributed by atoms with Gasteiger partial charge in [-0.2, -0.15) is 18.3 Å². The number of carbonyl (C=O) groups excluding carboxylic acids is 1. The van der Waals surface area contributed by atoms with Gasteiger partial charge in [0.25, 0.3) is 0 Å². The Labute approximate surface area is 183 Å². The molecule has 1 aromatic carbocycles. The van der Waals surface area contributed by atoms with Crippen molar-refractivity contribution in [2.45, 2.75) is 25.9 Å². The molecule has 3 aromatic heterocycles. The lowest BCUT2D eigenvalue weighted by Gasteiger charge is -2.17. The zero-order valence-corrected chi connectivity index (χ0v) is 17.5. The molecule has 3 heterocycles. The molecular weight excluding hydrogens is 443 g/mol. The Morgan fingerprint density at radius 1 is 1.28 bits per heavy atom. The number of nitrogen functional groups attached to an aromatic ring is 1. The zero-order chi connectivity index (χ0) is 22.6. The maximum Gasteiger partial charge on any atom is 0.418 e. The number of nitrogens with two attached hydrogens (primary N) is 1. The van der Waals surface area contributed by atoms with E-state index in [9.17, 15) is 18.0 Å². The smallest absolute Gasteiger partial charge is 0.418 e. The van der Waals surface area contributed by atoms with Gasteiger partial charge in [0.15, 0.2) is 10.9 Å². The highest BCUT2D eigenvalue weighted by atomic mass is 32.1. The number of rotatable bonds is 3. The number of furan rings is 1. The van der Waals surface area contributed by atoms with Crippen molar-refractivity contribution in [3.63, 3.8) is 0 Å². The Balaban J connectivity index is 1.79. The van der Waals surface area contributed by atoms with Crippen LogP contribution in [0.15, 0.2) is 41.0 Å². The Hall–Kier alpha value is -3.60. The third-order valence-electron chi connectivity index (χ3n) is 5.10. The van der Waals surface area contributed by atoms with Crippen molar-refractivity contribution in [3.8, 4) is 27.7 Å². The van der Waals surface area contributed by atoms with Crippen molar-refractivity contribution < 1.29 is 22.4 Å². The molecule has 32 heavy (non-hydrogen) atoms. The fourth-order valence-corrected chi connectivity index (χ4v) is 4.94. The predicted molar refractivity (Wildman–Crippen MR) is 114 cm³/mol. The molecule has 0 aliphatic heterocycles. The van der Waals surface area contributed by atoms with Crippen molar-refractivity contribution in [1.29, 1.82) is 0 Å². The lowest BCUT2D eigenvalue weighted by molar-refractivity contribution is -0.137. The first-order valence-corrected chi connectivity index (χ1v) is 10.4. The fourth-order valence-electron chi connectivity index (χ4n) is 3.83. The largest absolute Gasteiger partial charge is 0.463 e. The molecular formula is C21H16F3N5O2S. The summed E-state index contributed by atoms with van der Waals surface area (Å²) in [6.07, 6.45) is -2.08. The van der Waals surface area contributed by atoms with Gasteiger partial charge < -0.3 is 15.5 Å². The minimum absolute atomic E-state index is 0.000203. The number of hydrogen-bond acceptors (Lipinski definition) is 6. The maximum atomic E-state index is 13.9. The monoisotopic (exact) mass is 459 g/mol. The summed E-state index contributed by atoms with van der Waals surface area (Å²) in [6.45, 7) is 1.37. The lowest BCUT2D eigenvalue weighted by Crippen LogP contribution is -2.14. The molecule has 1 aliphatic carbocycles. The summed E-state index contributed by atoms with van der Waals surface area (Å²) in [5.74, 6) is 0.179. The minimum Gasteiger partial charge on any atom is -0.463 e. The predicted octanol–water partition coefficient (Wildman–Crippen LogP) is 4.91. The second kappa shape index (κ2) is 7.23. The molecule has 5 rings (SSSR count). The molecule has 0 fully saturated rings. The standard InChI is InChI=1S/C21H16F3N5O2S/c1-10(30)26-20-27-14-6-5-12-17(16-3-2-8-31-16)28-29(18(12)19(14)32-20)15-7-4-11(25)9-13(15)21(22,23)24/h2-4,7-9H,5-6,25H2,1H3,(H,26,27,30). The van der Waals surface area contributed by atoms with E-state index in [0.29, 0.717) is 45.7 Å². The Morgan fingerprint density at radius 2 is 2.09 bits per heavy atom. The second-order valence-corrected chi connectivity index (χ2v) is 8.31. The third kappa shape index (κ3) is 3.34. The second-order valence-electron chi connectivity index (χ2n) is 7.32. The van der Waals surface area contributed by atoms with E-state index in [1.165, 1.54) is 41.3 Å². The van der Waals surface area contributed by atoms with Gasteiger partial charge in [-0.25, -0.2) is 9.67 Å². The van der Waals surface area contributed by atoms with Crippen molar-refractivity contribution in [2.75, 3.05) is 11.1 Å². The van der Waals surface area contributed by atoms with E-state index in [-0.39, 0.29) is 17.3 Å². The van der Waals surface area contributed by atoms with Crippen LogP contribution in [0.5, 0.6) is 0 Å². The number of nitrogens with one attached hydrogen (secondary N) is 1. The number of benzene rings is 1. The van der Waals surface area contributed by atoms with Crippen LogP contribution >= 0.6 is 11.3 Å². The van der Waals surface area contributed by atoms with Crippen molar-refractivity contribution in [1.82, 2.24) is 14.8 Å². The molecule has 1 aliphatic rings. The normalized spacial score (nSPS) is 13.0. The van der Waals surface area contributed by atoms with Crippen LogP contribution in [0.4, 0.5) is 24.0 Å². The number of hydrogen-bond donors (Lipinski definition) is 2. The van der Waals surface area contributed by atoms with Gasteiger partial charge in [-0.3, -0.25) is 4.79 Å². The first kappa shape index (κ1) is 20.3. The van der Waals surface area contributed by atoms with E-state index in [2.05, 4.69) is 15.4 Å². The SMILES string of the molecule is CC(=O)Nc1nc2c(s1)-c1c(c(-c3ccco3)nn1-c1ccc(N)cc1C(F)(F)F)CC2. The van der Waals surface area contributed by atoms with Crippen molar-refractivity contribution >= 4 is 28.1 Å². The average Bonchev–Trinajstić information content (AvgIpc) is 3.44. The molecule has 0 radical (unpaired) electrons. The van der Waals surface area contributed by atoms with Gasteiger partial charge in [0.1, 0.15) is 5.69 Å². The highest BCUT2D eigenvalue weighted by Gasteiger charge is 2.37. The van der Waals surface area contributed by atoms with Gasteiger partial charge in [-0.1, -0.05) is 11.3 Å². The topological polar surface area (TPSA) is 99.0 Å². The van der Waals surface area contributed by atoms with E-state index < -0.39 is 11.7 Å². The van der Waals surface area contributed by atoms with E-state index in [0.717, 1.165) is 11.6 Å². The zero-order valence-electron chi connectivity index (χ0n) is 16.7. The van der Waals surface area contributed by atoms with Crippen molar-refractivity contribution in [2.24, 2.45) is 0 Å². The molecule has 0 saturated carbocycles. The summed E-state index contributed by atoms with van der Waals surface area (Å²) in [4.78, 5) is 16.6. The van der Waals surface area contributed by atoms with Crippen LogP contribution in [0, 0.1) is 0 Å². The minimum atomic E-state index is -4.64. The fraction of sp³-hybridized carbons (Fsp3) is 0.190. The molecule has 11 heteroatoms. The van der Waals surface area contributed by atoms with E-state index in [4.69, 9.17) is 10.2 Å². The van der Waals surface area contributed by atoms with Gasteiger partial charge in [-0.15, -0.1) is 0 Å². The van der Waals surface area contributed by atoms with Crippen LogP contribution in [0.1, 0.15) is 23.7 Å². The summed E-state index contributed by atoms with van der Waals surface area (Å²) in [7, 11) is 0. The highest BCUT2D eigenvalue weighted by Crippen LogP contribution is 2.45. The molecule has 4 aromatic rings. The number of thiazole rings is 1. The first-order chi connectivity index (χ1) is 15.2. The molecule has 0 saturated heterocycles. The summed E-state index contributed by atoms with van der Waals surface area (Å²) in [6, 6.07) is 7.02. The van der Waals surface area contributed by atoms with Crippen LogP contribution in [0.3, 0.4) is 0 Å².